The fourth-order valence-electron chi connectivity index (χ4n) is 3.53. The number of fused-ring (bicyclic) bond motifs is 3. The Hall–Kier alpha value is -0.450. The molecule has 0 aliphatic carbocycles. The van der Waals surface area contributed by atoms with Gasteiger partial charge in [-0.2, -0.15) is 0 Å². The van der Waals surface area contributed by atoms with Crippen molar-refractivity contribution >= 4 is 5.78 Å². The fraction of sp³-hybridized carbons (Fsp3) is 0.917. The number of carbonyl (C=O) groups excluding carboxylic acids is 1. The monoisotopic (exact) mass is 227 g/mol. The lowest BCUT2D eigenvalue weighted by Crippen LogP contribution is -2.75. The maximum absolute atomic E-state index is 12.3. The number of Topliss-reactive ketones (excluding diaryl/α,β-unsaturated/α-hetero) is 1. The van der Waals surface area contributed by atoms with E-state index >= 15 is 0 Å². The second-order valence-electron chi connectivity index (χ2n) is 5.64. The zero-order valence-electron chi connectivity index (χ0n) is 10.3. The van der Waals surface area contributed by atoms with Gasteiger partial charge in [0.1, 0.15) is 5.54 Å². The second-order valence-corrected chi connectivity index (χ2v) is 5.64. The molecule has 0 spiro atoms. The van der Waals surface area contributed by atoms with E-state index in [9.17, 15) is 9.90 Å². The summed E-state index contributed by atoms with van der Waals surface area (Å²) in [4.78, 5) is 14.5. The Labute approximate surface area is 96.6 Å². The Balaban J connectivity index is 2.39. The molecule has 0 amide bonds. The van der Waals surface area contributed by atoms with E-state index in [0.717, 1.165) is 19.4 Å². The highest BCUT2D eigenvalue weighted by Crippen LogP contribution is 2.45. The van der Waals surface area contributed by atoms with Crippen LogP contribution in [0.1, 0.15) is 26.7 Å². The van der Waals surface area contributed by atoms with Crippen molar-refractivity contribution in [2.24, 2.45) is 5.92 Å². The molecule has 0 radical (unpaired) electrons. The van der Waals surface area contributed by atoms with Crippen molar-refractivity contribution in [1.82, 2.24) is 4.90 Å². The number of ketones is 1. The molecule has 3 aliphatic rings. The number of rotatable bonds is 3. The predicted molar refractivity (Wildman–Crippen MR) is 60.2 cm³/mol. The summed E-state index contributed by atoms with van der Waals surface area (Å²) in [6.45, 7) is 5.33. The summed E-state index contributed by atoms with van der Waals surface area (Å²) >= 11 is 0. The molecule has 3 saturated heterocycles. The summed E-state index contributed by atoms with van der Waals surface area (Å²) in [5.74, 6) is 0.268. The summed E-state index contributed by atoms with van der Waals surface area (Å²) in [5, 5.41) is 9.65. The average Bonchev–Trinajstić information content (AvgIpc) is 2.23. The van der Waals surface area contributed by atoms with Crippen LogP contribution in [0.15, 0.2) is 0 Å². The quantitative estimate of drug-likeness (QED) is 0.760. The van der Waals surface area contributed by atoms with E-state index in [2.05, 4.69) is 18.7 Å². The first-order valence-corrected chi connectivity index (χ1v) is 5.90. The van der Waals surface area contributed by atoms with Gasteiger partial charge in [-0.25, -0.2) is 0 Å². The Kier molecular flexibility index (Phi) is 2.85. The van der Waals surface area contributed by atoms with E-state index in [-0.39, 0.29) is 23.8 Å². The number of nitrogens with zero attached hydrogens (tertiary/aromatic N) is 1. The van der Waals surface area contributed by atoms with Gasteiger partial charge in [0.25, 0.3) is 0 Å². The molecule has 4 nitrogen and oxygen atoms in total. The molecule has 2 bridgehead atoms. The molecular weight excluding hydrogens is 206 g/mol. The lowest BCUT2D eigenvalue weighted by molar-refractivity contribution is -0.176. The van der Waals surface area contributed by atoms with Gasteiger partial charge in [-0.05, 0) is 26.7 Å². The van der Waals surface area contributed by atoms with Crippen molar-refractivity contribution in [3.8, 4) is 0 Å². The molecule has 0 aromatic carbocycles. The Morgan fingerprint density at radius 2 is 2.25 bits per heavy atom. The van der Waals surface area contributed by atoms with Gasteiger partial charge in [-0.1, -0.05) is 0 Å². The third kappa shape index (κ3) is 1.44. The van der Waals surface area contributed by atoms with Crippen LogP contribution >= 0.6 is 0 Å². The third-order valence-corrected chi connectivity index (χ3v) is 4.17. The average molecular weight is 227 g/mol. The maximum Gasteiger partial charge on any atom is 0.161 e. The standard InChI is InChI=1S/C12H21NO3/c1-11(2)6-9-4-5-13(11)12(7-14,8-16-3)10(9)15/h9,14H,4-8H2,1-3H3/t9-,12+/m0/s1. The number of piperidine rings is 3. The topological polar surface area (TPSA) is 49.8 Å². The minimum absolute atomic E-state index is 0.0158. The zero-order valence-corrected chi connectivity index (χ0v) is 10.3. The van der Waals surface area contributed by atoms with E-state index < -0.39 is 5.54 Å². The number of aliphatic hydroxyl groups excluding tert-OH is 1. The lowest BCUT2D eigenvalue weighted by atomic mass is 9.66. The highest BCUT2D eigenvalue weighted by Gasteiger charge is 2.59. The van der Waals surface area contributed by atoms with Crippen LogP contribution in [-0.2, 0) is 9.53 Å². The molecule has 92 valence electrons. The van der Waals surface area contributed by atoms with Crippen LogP contribution in [0.3, 0.4) is 0 Å². The zero-order chi connectivity index (χ0) is 12.0. The van der Waals surface area contributed by atoms with Gasteiger partial charge in [-0.3, -0.25) is 9.69 Å². The summed E-state index contributed by atoms with van der Waals surface area (Å²) in [6, 6.07) is 0. The largest absolute Gasteiger partial charge is 0.394 e. The number of ether oxygens (including phenoxy) is 1. The van der Waals surface area contributed by atoms with Gasteiger partial charge in [0.05, 0.1) is 13.2 Å². The van der Waals surface area contributed by atoms with Crippen molar-refractivity contribution in [2.45, 2.75) is 37.8 Å². The van der Waals surface area contributed by atoms with Crippen LogP contribution in [0.25, 0.3) is 0 Å². The van der Waals surface area contributed by atoms with Crippen molar-refractivity contribution in [1.29, 1.82) is 0 Å². The summed E-state index contributed by atoms with van der Waals surface area (Å²) < 4.78 is 5.17. The van der Waals surface area contributed by atoms with Gasteiger partial charge in [0.15, 0.2) is 5.78 Å². The van der Waals surface area contributed by atoms with E-state index in [1.165, 1.54) is 0 Å². The van der Waals surface area contributed by atoms with Crippen molar-refractivity contribution < 1.29 is 14.6 Å². The predicted octanol–water partition coefficient (Wildman–Crippen LogP) is 0.437. The van der Waals surface area contributed by atoms with Crippen LogP contribution in [0.4, 0.5) is 0 Å². The van der Waals surface area contributed by atoms with Crippen LogP contribution in [-0.4, -0.2) is 53.7 Å². The van der Waals surface area contributed by atoms with Crippen LogP contribution < -0.4 is 0 Å². The van der Waals surface area contributed by atoms with Gasteiger partial charge in [0, 0.05) is 25.1 Å². The molecule has 0 saturated carbocycles. The molecule has 0 aromatic rings. The highest BCUT2D eigenvalue weighted by molar-refractivity contribution is 5.92. The first-order valence-electron chi connectivity index (χ1n) is 5.90. The SMILES string of the molecule is COC[C@]1(CO)C(=O)[C@H]2CCN1C(C)(C)C2. The molecule has 1 unspecified atom stereocenters. The fourth-order valence-corrected chi connectivity index (χ4v) is 3.53. The molecule has 3 atom stereocenters. The number of aliphatic hydroxyl groups is 1. The summed E-state index contributed by atoms with van der Waals surface area (Å²) in [5.41, 5.74) is -0.808. The Morgan fingerprint density at radius 3 is 2.75 bits per heavy atom. The lowest BCUT2D eigenvalue weighted by Gasteiger charge is -2.59. The number of hydrogen-bond donors (Lipinski definition) is 1. The smallest absolute Gasteiger partial charge is 0.161 e. The van der Waals surface area contributed by atoms with Gasteiger partial charge < -0.3 is 9.84 Å². The third-order valence-electron chi connectivity index (χ3n) is 4.17. The van der Waals surface area contributed by atoms with E-state index in [0.29, 0.717) is 6.61 Å². The second kappa shape index (κ2) is 3.79. The number of hydrogen-bond acceptors (Lipinski definition) is 4. The molecule has 0 aromatic heterocycles. The first kappa shape index (κ1) is 12.0. The first-order chi connectivity index (χ1) is 7.48. The molecule has 3 heterocycles. The van der Waals surface area contributed by atoms with Crippen LogP contribution in [0.5, 0.6) is 0 Å². The van der Waals surface area contributed by atoms with Gasteiger partial charge in [0.2, 0.25) is 0 Å². The normalized spacial score (nSPS) is 41.4. The van der Waals surface area contributed by atoms with Gasteiger partial charge >= 0.3 is 0 Å². The van der Waals surface area contributed by atoms with Crippen LogP contribution in [0.2, 0.25) is 0 Å². The molecule has 1 N–H and O–H groups in total. The maximum atomic E-state index is 12.3. The van der Waals surface area contributed by atoms with Crippen LogP contribution in [0, 0.1) is 5.92 Å². The van der Waals surface area contributed by atoms with E-state index in [1.54, 1.807) is 7.11 Å². The van der Waals surface area contributed by atoms with E-state index in [4.69, 9.17) is 4.74 Å². The number of methoxy groups -OCH3 is 1. The molecule has 16 heavy (non-hydrogen) atoms. The summed E-state index contributed by atoms with van der Waals surface area (Å²) in [7, 11) is 1.58. The van der Waals surface area contributed by atoms with Crippen molar-refractivity contribution in [3.63, 3.8) is 0 Å². The molecule has 3 rings (SSSR count). The molecule has 3 fully saturated rings. The summed E-state index contributed by atoms with van der Waals surface area (Å²) in [6.07, 6.45) is 1.82. The molecular formula is C12H21NO3. The highest BCUT2D eigenvalue weighted by atomic mass is 16.5. The molecule has 4 heteroatoms. The minimum atomic E-state index is -0.792. The van der Waals surface area contributed by atoms with E-state index in [1.807, 2.05) is 0 Å². The Bertz CT molecular complexity index is 303. The van der Waals surface area contributed by atoms with Crippen molar-refractivity contribution in [2.75, 3.05) is 26.9 Å². The molecule has 3 aliphatic heterocycles. The minimum Gasteiger partial charge on any atom is -0.394 e. The number of carbonyl (C=O) groups is 1. The Morgan fingerprint density at radius 1 is 1.56 bits per heavy atom. The van der Waals surface area contributed by atoms with Gasteiger partial charge in [-0.15, -0.1) is 0 Å². The van der Waals surface area contributed by atoms with Crippen molar-refractivity contribution in [3.05, 3.63) is 0 Å².